The first-order valence-electron chi connectivity index (χ1n) is 6.18. The van der Waals surface area contributed by atoms with E-state index in [0.29, 0.717) is 10.9 Å². The lowest BCUT2D eigenvalue weighted by molar-refractivity contribution is 0.601. The largest absolute Gasteiger partial charge is 0.397 e. The van der Waals surface area contributed by atoms with E-state index in [-0.39, 0.29) is 15.7 Å². The Morgan fingerprint density at radius 3 is 2.71 bits per heavy atom. The standard InChI is InChI=1S/C12H15ClN4O2S2/c1-7(2)5-11-15-16-12(20-11)17-21(18,19)8-3-4-9(13)10(14)6-8/h3-4,6-7H,5,14H2,1-2H3,(H,16,17). The van der Waals surface area contributed by atoms with Crippen molar-refractivity contribution in [1.82, 2.24) is 10.2 Å². The first-order valence-corrected chi connectivity index (χ1v) is 8.86. The summed E-state index contributed by atoms with van der Waals surface area (Å²) in [6, 6.07) is 4.13. The molecule has 0 fully saturated rings. The van der Waals surface area contributed by atoms with Crippen LogP contribution >= 0.6 is 22.9 Å². The number of anilines is 2. The van der Waals surface area contributed by atoms with E-state index < -0.39 is 10.0 Å². The van der Waals surface area contributed by atoms with E-state index in [2.05, 4.69) is 28.8 Å². The molecule has 2 rings (SSSR count). The maximum absolute atomic E-state index is 12.2. The molecular weight excluding hydrogens is 332 g/mol. The average Bonchev–Trinajstić information content (AvgIpc) is 2.78. The van der Waals surface area contributed by atoms with Crippen LogP contribution in [-0.4, -0.2) is 18.6 Å². The van der Waals surface area contributed by atoms with Crippen molar-refractivity contribution in [2.24, 2.45) is 5.92 Å². The smallest absolute Gasteiger partial charge is 0.263 e. The first-order chi connectivity index (χ1) is 9.78. The van der Waals surface area contributed by atoms with E-state index in [1.807, 2.05) is 0 Å². The highest BCUT2D eigenvalue weighted by Gasteiger charge is 2.18. The molecule has 9 heteroatoms. The summed E-state index contributed by atoms with van der Waals surface area (Å²) >= 11 is 7.00. The van der Waals surface area contributed by atoms with Gasteiger partial charge in [0.15, 0.2) is 0 Å². The summed E-state index contributed by atoms with van der Waals surface area (Å²) in [7, 11) is -3.75. The summed E-state index contributed by atoms with van der Waals surface area (Å²) in [6.07, 6.45) is 0.757. The molecule has 0 aliphatic carbocycles. The number of rotatable bonds is 5. The third-order valence-electron chi connectivity index (χ3n) is 2.55. The van der Waals surface area contributed by atoms with Gasteiger partial charge in [0.2, 0.25) is 5.13 Å². The number of nitrogens with zero attached hydrogens (tertiary/aromatic N) is 2. The molecule has 1 aromatic carbocycles. The van der Waals surface area contributed by atoms with Crippen LogP contribution in [0.1, 0.15) is 18.9 Å². The Kier molecular flexibility index (Phi) is 4.70. The molecule has 0 aliphatic heterocycles. The van der Waals surface area contributed by atoms with Crippen molar-refractivity contribution >= 4 is 43.8 Å². The highest BCUT2D eigenvalue weighted by molar-refractivity contribution is 7.93. The summed E-state index contributed by atoms with van der Waals surface area (Å²) in [4.78, 5) is 0.0324. The van der Waals surface area contributed by atoms with Crippen molar-refractivity contribution in [1.29, 1.82) is 0 Å². The fraction of sp³-hybridized carbons (Fsp3) is 0.333. The van der Waals surface area contributed by atoms with Crippen LogP contribution in [0.3, 0.4) is 0 Å². The van der Waals surface area contributed by atoms with Gasteiger partial charge in [0.1, 0.15) is 5.01 Å². The van der Waals surface area contributed by atoms with E-state index in [4.69, 9.17) is 17.3 Å². The third kappa shape index (κ3) is 4.05. The van der Waals surface area contributed by atoms with Crippen LogP contribution < -0.4 is 10.5 Å². The number of nitrogens with one attached hydrogen (secondary N) is 1. The second kappa shape index (κ2) is 6.17. The van der Waals surface area contributed by atoms with E-state index in [0.717, 1.165) is 11.4 Å². The molecule has 3 N–H and O–H groups in total. The van der Waals surface area contributed by atoms with E-state index in [9.17, 15) is 8.42 Å². The minimum absolute atomic E-state index is 0.0324. The van der Waals surface area contributed by atoms with Crippen molar-refractivity contribution in [3.63, 3.8) is 0 Å². The van der Waals surface area contributed by atoms with Crippen molar-refractivity contribution in [3.05, 3.63) is 28.2 Å². The van der Waals surface area contributed by atoms with Gasteiger partial charge in [-0.15, -0.1) is 10.2 Å². The first kappa shape index (κ1) is 16.0. The van der Waals surface area contributed by atoms with Gasteiger partial charge in [-0.3, -0.25) is 4.72 Å². The molecule has 2 aromatic rings. The maximum Gasteiger partial charge on any atom is 0.263 e. The lowest BCUT2D eigenvalue weighted by Gasteiger charge is -2.06. The van der Waals surface area contributed by atoms with Crippen LogP contribution in [0.5, 0.6) is 0 Å². The Bertz CT molecular complexity index is 743. The molecule has 0 unspecified atom stereocenters. The van der Waals surface area contributed by atoms with Gasteiger partial charge >= 0.3 is 0 Å². The van der Waals surface area contributed by atoms with Gasteiger partial charge in [0, 0.05) is 6.42 Å². The normalized spacial score (nSPS) is 11.8. The van der Waals surface area contributed by atoms with Crippen LogP contribution in [0, 0.1) is 5.92 Å². The Morgan fingerprint density at radius 1 is 1.38 bits per heavy atom. The molecule has 0 amide bonds. The second-order valence-corrected chi connectivity index (χ2v) is 8.04. The molecule has 114 valence electrons. The van der Waals surface area contributed by atoms with Crippen molar-refractivity contribution in [2.75, 3.05) is 10.5 Å². The summed E-state index contributed by atoms with van der Waals surface area (Å²) in [6.45, 7) is 4.11. The zero-order valence-electron chi connectivity index (χ0n) is 11.5. The Morgan fingerprint density at radius 2 is 2.10 bits per heavy atom. The number of nitrogens with two attached hydrogens (primary N) is 1. The number of hydrogen-bond donors (Lipinski definition) is 2. The highest BCUT2D eigenvalue weighted by Crippen LogP contribution is 2.25. The minimum atomic E-state index is -3.75. The highest BCUT2D eigenvalue weighted by atomic mass is 35.5. The fourth-order valence-electron chi connectivity index (χ4n) is 1.59. The van der Waals surface area contributed by atoms with E-state index in [1.54, 1.807) is 0 Å². The zero-order chi connectivity index (χ0) is 15.6. The molecule has 0 bridgehead atoms. The van der Waals surface area contributed by atoms with Crippen LogP contribution in [0.15, 0.2) is 23.1 Å². The molecule has 0 radical (unpaired) electrons. The van der Waals surface area contributed by atoms with Gasteiger partial charge in [-0.2, -0.15) is 0 Å². The zero-order valence-corrected chi connectivity index (χ0v) is 13.9. The van der Waals surface area contributed by atoms with Gasteiger partial charge in [-0.25, -0.2) is 8.42 Å². The van der Waals surface area contributed by atoms with Crippen LogP contribution in [0.4, 0.5) is 10.8 Å². The lowest BCUT2D eigenvalue weighted by Crippen LogP contribution is -2.13. The molecule has 21 heavy (non-hydrogen) atoms. The van der Waals surface area contributed by atoms with Crippen molar-refractivity contribution < 1.29 is 8.42 Å². The molecule has 1 aromatic heterocycles. The SMILES string of the molecule is CC(C)Cc1nnc(NS(=O)(=O)c2ccc(Cl)c(N)c2)s1. The Hall–Kier alpha value is -1.38. The predicted octanol–water partition coefficient (Wildman–Crippen LogP) is 2.77. The number of sulfonamides is 1. The van der Waals surface area contributed by atoms with Gasteiger partial charge in [0.25, 0.3) is 10.0 Å². The number of aromatic nitrogens is 2. The van der Waals surface area contributed by atoms with E-state index >= 15 is 0 Å². The predicted molar refractivity (Wildman–Crippen MR) is 85.1 cm³/mol. The molecule has 0 spiro atoms. The topological polar surface area (TPSA) is 98.0 Å². The molecule has 6 nitrogen and oxygen atoms in total. The third-order valence-corrected chi connectivity index (χ3v) is 5.22. The van der Waals surface area contributed by atoms with Gasteiger partial charge in [-0.05, 0) is 24.1 Å². The average molecular weight is 347 g/mol. The number of hydrogen-bond acceptors (Lipinski definition) is 6. The maximum atomic E-state index is 12.2. The number of nitrogen functional groups attached to an aromatic ring is 1. The van der Waals surface area contributed by atoms with Crippen LogP contribution in [0.25, 0.3) is 0 Å². The van der Waals surface area contributed by atoms with Gasteiger partial charge in [-0.1, -0.05) is 36.8 Å². The molecule has 0 saturated carbocycles. The second-order valence-electron chi connectivity index (χ2n) is 4.89. The van der Waals surface area contributed by atoms with Gasteiger partial charge in [0.05, 0.1) is 15.6 Å². The molecular formula is C12H15ClN4O2S2. The molecule has 0 aliphatic rings. The quantitative estimate of drug-likeness (QED) is 0.811. The summed E-state index contributed by atoms with van der Waals surface area (Å²) in [5.41, 5.74) is 5.83. The fourth-order valence-corrected chi connectivity index (χ4v) is 3.92. The van der Waals surface area contributed by atoms with Crippen molar-refractivity contribution in [2.45, 2.75) is 25.2 Å². The Labute approximate surface area is 132 Å². The van der Waals surface area contributed by atoms with Gasteiger partial charge < -0.3 is 5.73 Å². The number of halogens is 1. The summed E-state index contributed by atoms with van der Waals surface area (Å²) < 4.78 is 26.8. The lowest BCUT2D eigenvalue weighted by atomic mass is 10.1. The minimum Gasteiger partial charge on any atom is -0.397 e. The Balaban J connectivity index is 2.20. The molecule has 0 atom stereocenters. The summed E-state index contributed by atoms with van der Waals surface area (Å²) in [5.74, 6) is 0.429. The monoisotopic (exact) mass is 346 g/mol. The van der Waals surface area contributed by atoms with Crippen LogP contribution in [0.2, 0.25) is 5.02 Å². The summed E-state index contributed by atoms with van der Waals surface area (Å²) in [5, 5.41) is 9.14. The molecule has 0 saturated heterocycles. The molecule has 1 heterocycles. The van der Waals surface area contributed by atoms with E-state index in [1.165, 1.54) is 29.5 Å². The number of benzene rings is 1. The van der Waals surface area contributed by atoms with Crippen LogP contribution in [-0.2, 0) is 16.4 Å². The van der Waals surface area contributed by atoms with Crippen molar-refractivity contribution in [3.8, 4) is 0 Å².